The molecule has 1 fully saturated rings. The summed E-state index contributed by atoms with van der Waals surface area (Å²) in [5.41, 5.74) is -0.0623. The zero-order valence-electron chi connectivity index (χ0n) is 9.14. The Hall–Kier alpha value is -1.90. The summed E-state index contributed by atoms with van der Waals surface area (Å²) in [6, 6.07) is 8.52. The highest BCUT2D eigenvalue weighted by Gasteiger charge is 2.39. The predicted molar refractivity (Wildman–Crippen MR) is 59.3 cm³/mol. The first-order valence-corrected chi connectivity index (χ1v) is 5.21. The fourth-order valence-corrected chi connectivity index (χ4v) is 1.64. The van der Waals surface area contributed by atoms with Crippen LogP contribution in [-0.2, 0) is 4.74 Å². The van der Waals surface area contributed by atoms with Crippen LogP contribution in [0.15, 0.2) is 24.3 Å². The van der Waals surface area contributed by atoms with E-state index in [9.17, 15) is 9.90 Å². The number of aliphatic hydroxyl groups is 1. The van der Waals surface area contributed by atoms with Crippen molar-refractivity contribution in [3.05, 3.63) is 35.4 Å². The standard InChI is InChI=1S/C12H12N2O3/c13-5-9-3-1-2-4-10(9)11(16)14-12(6-15)7-17-8-12/h1-4,15H,6-8H2,(H,14,16). The number of benzene rings is 1. The molecular weight excluding hydrogens is 220 g/mol. The average Bonchev–Trinajstić information content (AvgIpc) is 2.33. The van der Waals surface area contributed by atoms with Gasteiger partial charge < -0.3 is 15.2 Å². The maximum Gasteiger partial charge on any atom is 0.253 e. The minimum absolute atomic E-state index is 0.173. The van der Waals surface area contributed by atoms with Crippen molar-refractivity contribution in [3.8, 4) is 6.07 Å². The molecule has 5 heteroatoms. The van der Waals surface area contributed by atoms with Crippen LogP contribution in [-0.4, -0.2) is 36.4 Å². The molecule has 0 aliphatic carbocycles. The predicted octanol–water partition coefficient (Wildman–Crippen LogP) is 0.0494. The molecule has 0 saturated carbocycles. The maximum atomic E-state index is 12.0. The van der Waals surface area contributed by atoms with E-state index in [4.69, 9.17) is 10.00 Å². The second-order valence-corrected chi connectivity index (χ2v) is 4.04. The summed E-state index contributed by atoms with van der Waals surface area (Å²) in [5, 5.41) is 20.8. The fourth-order valence-electron chi connectivity index (χ4n) is 1.64. The molecule has 0 spiro atoms. The van der Waals surface area contributed by atoms with Crippen LogP contribution >= 0.6 is 0 Å². The zero-order chi connectivity index (χ0) is 12.3. The summed E-state index contributed by atoms with van der Waals surface area (Å²) < 4.78 is 4.98. The molecule has 1 aliphatic rings. The molecule has 1 saturated heterocycles. The number of nitriles is 1. The lowest BCUT2D eigenvalue weighted by Crippen LogP contribution is -2.64. The number of rotatable bonds is 3. The normalized spacial score (nSPS) is 16.7. The lowest BCUT2D eigenvalue weighted by Gasteiger charge is -2.40. The van der Waals surface area contributed by atoms with Gasteiger partial charge in [-0.2, -0.15) is 5.26 Å². The average molecular weight is 232 g/mol. The lowest BCUT2D eigenvalue weighted by molar-refractivity contribution is -0.0919. The van der Waals surface area contributed by atoms with Gasteiger partial charge >= 0.3 is 0 Å². The van der Waals surface area contributed by atoms with Crippen molar-refractivity contribution in [3.63, 3.8) is 0 Å². The molecule has 5 nitrogen and oxygen atoms in total. The van der Waals surface area contributed by atoms with Crippen molar-refractivity contribution < 1.29 is 14.6 Å². The number of aliphatic hydroxyl groups excluding tert-OH is 1. The van der Waals surface area contributed by atoms with Crippen molar-refractivity contribution in [1.82, 2.24) is 5.32 Å². The highest BCUT2D eigenvalue weighted by atomic mass is 16.5. The summed E-state index contributed by atoms with van der Waals surface area (Å²) in [5.74, 6) is -0.362. The van der Waals surface area contributed by atoms with Gasteiger partial charge in [-0.1, -0.05) is 12.1 Å². The van der Waals surface area contributed by atoms with E-state index >= 15 is 0 Å². The summed E-state index contributed by atoms with van der Waals surface area (Å²) in [6.45, 7) is 0.418. The third-order valence-electron chi connectivity index (χ3n) is 2.73. The Bertz CT molecular complexity index is 469. The number of carbonyl (C=O) groups is 1. The van der Waals surface area contributed by atoms with E-state index in [1.54, 1.807) is 24.3 Å². The molecule has 17 heavy (non-hydrogen) atoms. The Morgan fingerprint density at radius 2 is 2.24 bits per heavy atom. The molecule has 0 atom stereocenters. The van der Waals surface area contributed by atoms with Crippen molar-refractivity contribution in [1.29, 1.82) is 5.26 Å². The van der Waals surface area contributed by atoms with E-state index in [-0.39, 0.29) is 12.5 Å². The fraction of sp³-hybridized carbons (Fsp3) is 0.333. The molecule has 1 amide bonds. The Morgan fingerprint density at radius 1 is 1.53 bits per heavy atom. The molecule has 2 N–H and O–H groups in total. The molecular formula is C12H12N2O3. The summed E-state index contributed by atoms with van der Waals surface area (Å²) in [6.07, 6.45) is 0. The maximum absolute atomic E-state index is 12.0. The van der Waals surface area contributed by atoms with E-state index in [1.807, 2.05) is 6.07 Å². The van der Waals surface area contributed by atoms with E-state index in [0.717, 1.165) is 0 Å². The van der Waals surface area contributed by atoms with Crippen LogP contribution < -0.4 is 5.32 Å². The molecule has 2 rings (SSSR count). The van der Waals surface area contributed by atoms with Crippen molar-refractivity contribution >= 4 is 5.91 Å². The van der Waals surface area contributed by atoms with Crippen molar-refractivity contribution in [2.24, 2.45) is 0 Å². The summed E-state index contributed by atoms with van der Waals surface area (Å²) >= 11 is 0. The van der Waals surface area contributed by atoms with Crippen LogP contribution in [0.3, 0.4) is 0 Å². The number of hydrogen-bond donors (Lipinski definition) is 2. The summed E-state index contributed by atoms with van der Waals surface area (Å²) in [7, 11) is 0. The third kappa shape index (κ3) is 2.13. The first-order chi connectivity index (χ1) is 8.21. The number of ether oxygens (including phenoxy) is 1. The zero-order valence-corrected chi connectivity index (χ0v) is 9.14. The first kappa shape index (κ1) is 11.6. The van der Waals surface area contributed by atoms with Gasteiger partial charge in [0.05, 0.1) is 37.0 Å². The monoisotopic (exact) mass is 232 g/mol. The largest absolute Gasteiger partial charge is 0.394 e. The second-order valence-electron chi connectivity index (χ2n) is 4.04. The highest BCUT2D eigenvalue weighted by Crippen LogP contribution is 2.17. The first-order valence-electron chi connectivity index (χ1n) is 5.21. The third-order valence-corrected chi connectivity index (χ3v) is 2.73. The topological polar surface area (TPSA) is 82.4 Å². The molecule has 1 aliphatic heterocycles. The van der Waals surface area contributed by atoms with Gasteiger partial charge in [-0.15, -0.1) is 0 Å². The minimum atomic E-state index is -0.695. The number of nitrogens with one attached hydrogen (secondary N) is 1. The van der Waals surface area contributed by atoms with E-state index in [2.05, 4.69) is 5.32 Å². The number of amides is 1. The van der Waals surface area contributed by atoms with Crippen LogP contribution in [0.5, 0.6) is 0 Å². The van der Waals surface area contributed by atoms with Crippen LogP contribution in [0.2, 0.25) is 0 Å². The number of nitrogens with zero attached hydrogens (tertiary/aromatic N) is 1. The number of hydrogen-bond acceptors (Lipinski definition) is 4. The minimum Gasteiger partial charge on any atom is -0.394 e. The summed E-state index contributed by atoms with van der Waals surface area (Å²) in [4.78, 5) is 12.0. The molecule has 1 heterocycles. The van der Waals surface area contributed by atoms with Crippen LogP contribution in [0.1, 0.15) is 15.9 Å². The van der Waals surface area contributed by atoms with E-state index in [1.165, 1.54) is 0 Å². The van der Waals surface area contributed by atoms with Crippen molar-refractivity contribution in [2.75, 3.05) is 19.8 Å². The van der Waals surface area contributed by atoms with E-state index in [0.29, 0.717) is 24.3 Å². The number of carbonyl (C=O) groups excluding carboxylic acids is 1. The van der Waals surface area contributed by atoms with Crippen molar-refractivity contribution in [2.45, 2.75) is 5.54 Å². The van der Waals surface area contributed by atoms with Crippen LogP contribution in [0, 0.1) is 11.3 Å². The molecule has 1 aromatic rings. The Kier molecular flexibility index (Phi) is 3.09. The van der Waals surface area contributed by atoms with E-state index < -0.39 is 5.54 Å². The van der Waals surface area contributed by atoms with Crippen LogP contribution in [0.25, 0.3) is 0 Å². The van der Waals surface area contributed by atoms with Gasteiger partial charge in [-0.25, -0.2) is 0 Å². The molecule has 0 radical (unpaired) electrons. The lowest BCUT2D eigenvalue weighted by atomic mass is 9.97. The Morgan fingerprint density at radius 3 is 2.76 bits per heavy atom. The van der Waals surface area contributed by atoms with Gasteiger partial charge in [0.25, 0.3) is 5.91 Å². The molecule has 0 unspecified atom stereocenters. The Labute approximate surface area is 98.6 Å². The highest BCUT2D eigenvalue weighted by molar-refractivity contribution is 5.97. The molecule has 0 bridgehead atoms. The van der Waals surface area contributed by atoms with Gasteiger partial charge in [0.2, 0.25) is 0 Å². The molecule has 88 valence electrons. The van der Waals surface area contributed by atoms with Gasteiger partial charge in [-0.05, 0) is 12.1 Å². The SMILES string of the molecule is N#Cc1ccccc1C(=O)NC1(CO)COC1. The molecule has 1 aromatic carbocycles. The quantitative estimate of drug-likeness (QED) is 0.771. The van der Waals surface area contributed by atoms with Gasteiger partial charge in [0.1, 0.15) is 5.54 Å². The smallest absolute Gasteiger partial charge is 0.253 e. The Balaban J connectivity index is 2.18. The second kappa shape index (κ2) is 4.53. The van der Waals surface area contributed by atoms with Gasteiger partial charge in [0.15, 0.2) is 0 Å². The van der Waals surface area contributed by atoms with Gasteiger partial charge in [0, 0.05) is 0 Å². The van der Waals surface area contributed by atoms with Gasteiger partial charge in [-0.3, -0.25) is 4.79 Å². The van der Waals surface area contributed by atoms with Crippen LogP contribution in [0.4, 0.5) is 0 Å². The molecule has 0 aromatic heterocycles.